The fourth-order valence-electron chi connectivity index (χ4n) is 3.56. The van der Waals surface area contributed by atoms with Crippen molar-refractivity contribution in [1.82, 2.24) is 5.32 Å². The van der Waals surface area contributed by atoms with Crippen LogP contribution in [0.15, 0.2) is 34.7 Å². The largest absolute Gasteiger partial charge is 0.459 e. The lowest BCUT2D eigenvalue weighted by Gasteiger charge is -2.35. The van der Waals surface area contributed by atoms with Gasteiger partial charge in [-0.05, 0) is 37.9 Å². The molecule has 0 saturated heterocycles. The number of para-hydroxylation sites is 1. The van der Waals surface area contributed by atoms with Crippen LogP contribution >= 0.6 is 0 Å². The first-order valence-corrected chi connectivity index (χ1v) is 8.06. The van der Waals surface area contributed by atoms with Crippen molar-refractivity contribution in [3.63, 3.8) is 0 Å². The molecule has 1 atom stereocenters. The number of furan rings is 1. The van der Waals surface area contributed by atoms with Gasteiger partial charge < -0.3 is 14.5 Å². The van der Waals surface area contributed by atoms with Gasteiger partial charge in [0.15, 0.2) is 0 Å². The molecule has 3 nitrogen and oxygen atoms in total. The number of nitrogens with one attached hydrogen (secondary N) is 1. The van der Waals surface area contributed by atoms with E-state index in [9.17, 15) is 0 Å². The Morgan fingerprint density at radius 2 is 2.05 bits per heavy atom. The van der Waals surface area contributed by atoms with Crippen LogP contribution in [0.25, 0.3) is 11.0 Å². The molecule has 1 aromatic heterocycles. The van der Waals surface area contributed by atoms with Gasteiger partial charge in [-0.1, -0.05) is 38.0 Å². The molecule has 3 heteroatoms. The zero-order valence-corrected chi connectivity index (χ0v) is 13.0. The van der Waals surface area contributed by atoms with Gasteiger partial charge in [-0.25, -0.2) is 0 Å². The van der Waals surface area contributed by atoms with E-state index in [1.807, 2.05) is 19.2 Å². The van der Waals surface area contributed by atoms with Crippen molar-refractivity contribution in [3.8, 4) is 0 Å². The molecular formula is C18H25NO2. The van der Waals surface area contributed by atoms with Gasteiger partial charge in [-0.2, -0.15) is 0 Å². The lowest BCUT2D eigenvalue weighted by molar-refractivity contribution is -0.0416. The minimum absolute atomic E-state index is 0.122. The van der Waals surface area contributed by atoms with Gasteiger partial charge >= 0.3 is 0 Å². The normalized spacial score (nSPS) is 19.1. The van der Waals surface area contributed by atoms with E-state index < -0.39 is 0 Å². The van der Waals surface area contributed by atoms with Crippen molar-refractivity contribution in [2.24, 2.45) is 0 Å². The molecule has 1 N–H and O–H groups in total. The van der Waals surface area contributed by atoms with Gasteiger partial charge in [-0.15, -0.1) is 0 Å². The third-order valence-corrected chi connectivity index (χ3v) is 4.71. The van der Waals surface area contributed by atoms with Gasteiger partial charge in [0.25, 0.3) is 0 Å². The Morgan fingerprint density at radius 1 is 1.29 bits per heavy atom. The quantitative estimate of drug-likeness (QED) is 0.853. The fraction of sp³-hybridized carbons (Fsp3) is 0.556. The summed E-state index contributed by atoms with van der Waals surface area (Å²) in [5.74, 6) is 1.01. The van der Waals surface area contributed by atoms with Gasteiger partial charge in [0, 0.05) is 12.5 Å². The third kappa shape index (κ3) is 2.72. The van der Waals surface area contributed by atoms with Gasteiger partial charge in [0.05, 0.1) is 11.6 Å². The summed E-state index contributed by atoms with van der Waals surface area (Å²) in [6.45, 7) is 3.17. The van der Waals surface area contributed by atoms with Crippen molar-refractivity contribution in [2.75, 3.05) is 13.7 Å². The van der Waals surface area contributed by atoms with Gasteiger partial charge in [0.1, 0.15) is 11.3 Å². The van der Waals surface area contributed by atoms with Crippen LogP contribution in [0.4, 0.5) is 0 Å². The van der Waals surface area contributed by atoms with Crippen LogP contribution in [0, 0.1) is 0 Å². The van der Waals surface area contributed by atoms with E-state index >= 15 is 0 Å². The lowest BCUT2D eigenvalue weighted by atomic mass is 9.89. The fourth-order valence-corrected chi connectivity index (χ4v) is 3.56. The number of methoxy groups -OCH3 is 1. The highest BCUT2D eigenvalue weighted by Crippen LogP contribution is 2.43. The highest BCUT2D eigenvalue weighted by atomic mass is 16.5. The number of hydrogen-bond acceptors (Lipinski definition) is 3. The first kappa shape index (κ1) is 14.6. The zero-order chi connectivity index (χ0) is 14.7. The minimum atomic E-state index is -0.122. The summed E-state index contributed by atoms with van der Waals surface area (Å²) in [5, 5.41) is 4.83. The Kier molecular flexibility index (Phi) is 4.32. The Morgan fingerprint density at radius 3 is 2.71 bits per heavy atom. The maximum atomic E-state index is 6.12. The second-order valence-corrected chi connectivity index (χ2v) is 6.05. The molecule has 21 heavy (non-hydrogen) atoms. The number of hydrogen-bond donors (Lipinski definition) is 1. The third-order valence-electron chi connectivity index (χ3n) is 4.71. The summed E-state index contributed by atoms with van der Waals surface area (Å²) >= 11 is 0. The molecule has 0 radical (unpaired) electrons. The summed E-state index contributed by atoms with van der Waals surface area (Å²) in [4.78, 5) is 0. The smallest absolute Gasteiger partial charge is 0.134 e. The van der Waals surface area contributed by atoms with Crippen LogP contribution < -0.4 is 5.32 Å². The van der Waals surface area contributed by atoms with E-state index in [2.05, 4.69) is 30.4 Å². The molecule has 3 rings (SSSR count). The molecule has 1 aromatic carbocycles. The molecule has 114 valence electrons. The highest BCUT2D eigenvalue weighted by molar-refractivity contribution is 5.77. The van der Waals surface area contributed by atoms with Crippen LogP contribution in [0.3, 0.4) is 0 Å². The lowest BCUT2D eigenvalue weighted by Crippen LogP contribution is -2.43. The second kappa shape index (κ2) is 6.20. The summed E-state index contributed by atoms with van der Waals surface area (Å²) in [6.07, 6.45) is 5.77. The summed E-state index contributed by atoms with van der Waals surface area (Å²) < 4.78 is 12.1. The van der Waals surface area contributed by atoms with E-state index in [-0.39, 0.29) is 11.6 Å². The summed E-state index contributed by atoms with van der Waals surface area (Å²) in [7, 11) is 1.84. The molecule has 0 aliphatic heterocycles. The Labute approximate surface area is 126 Å². The van der Waals surface area contributed by atoms with Gasteiger partial charge in [0.2, 0.25) is 0 Å². The summed E-state index contributed by atoms with van der Waals surface area (Å²) in [6, 6.07) is 10.5. The molecule has 0 amide bonds. The topological polar surface area (TPSA) is 34.4 Å². The number of fused-ring (bicyclic) bond motifs is 1. The SMILES string of the molecule is CCCNC(c1cc2ccccc2o1)C1(OC)CCCC1. The molecular weight excluding hydrogens is 262 g/mol. The first-order valence-electron chi connectivity index (χ1n) is 8.06. The predicted molar refractivity (Wildman–Crippen MR) is 85.5 cm³/mol. The second-order valence-electron chi connectivity index (χ2n) is 6.05. The Bertz CT molecular complexity index is 551. The molecule has 1 fully saturated rings. The standard InChI is InChI=1S/C18H25NO2/c1-3-12-19-17(18(20-2)10-6-7-11-18)16-13-14-8-4-5-9-15(14)21-16/h4-5,8-9,13,17,19H,3,6-7,10-12H2,1-2H3. The average Bonchev–Trinajstić information content (AvgIpc) is 3.14. The van der Waals surface area contributed by atoms with Crippen LogP contribution in [0.2, 0.25) is 0 Å². The molecule has 1 aliphatic rings. The van der Waals surface area contributed by atoms with E-state index in [1.165, 1.54) is 18.2 Å². The molecule has 0 bridgehead atoms. The monoisotopic (exact) mass is 287 g/mol. The van der Waals surface area contributed by atoms with Gasteiger partial charge in [-0.3, -0.25) is 0 Å². The zero-order valence-electron chi connectivity index (χ0n) is 13.0. The predicted octanol–water partition coefficient (Wildman–Crippen LogP) is 4.43. The number of benzene rings is 1. The van der Waals surface area contributed by atoms with Crippen LogP contribution in [-0.4, -0.2) is 19.3 Å². The molecule has 2 aromatic rings. The molecule has 1 saturated carbocycles. The van der Waals surface area contributed by atoms with Crippen LogP contribution in [0.1, 0.15) is 50.8 Å². The molecule has 1 aliphatic carbocycles. The molecule has 1 unspecified atom stereocenters. The van der Waals surface area contributed by atoms with Crippen molar-refractivity contribution >= 4 is 11.0 Å². The van der Waals surface area contributed by atoms with Crippen LogP contribution in [0.5, 0.6) is 0 Å². The van der Waals surface area contributed by atoms with Crippen LogP contribution in [-0.2, 0) is 4.74 Å². The Hall–Kier alpha value is -1.32. The summed E-state index contributed by atoms with van der Waals surface area (Å²) in [5.41, 5.74) is 0.836. The maximum Gasteiger partial charge on any atom is 0.134 e. The maximum absolute atomic E-state index is 6.12. The minimum Gasteiger partial charge on any atom is -0.459 e. The number of rotatable bonds is 6. The average molecular weight is 287 g/mol. The van der Waals surface area contributed by atoms with E-state index in [1.54, 1.807) is 0 Å². The Balaban J connectivity index is 1.97. The number of ether oxygens (including phenoxy) is 1. The van der Waals surface area contributed by atoms with Crippen molar-refractivity contribution in [2.45, 2.75) is 50.7 Å². The first-order chi connectivity index (χ1) is 10.3. The highest BCUT2D eigenvalue weighted by Gasteiger charge is 2.43. The molecule has 0 spiro atoms. The van der Waals surface area contributed by atoms with E-state index in [0.29, 0.717) is 0 Å². The molecule has 1 heterocycles. The van der Waals surface area contributed by atoms with Crippen molar-refractivity contribution in [1.29, 1.82) is 0 Å². The van der Waals surface area contributed by atoms with E-state index in [0.717, 1.165) is 37.2 Å². The van der Waals surface area contributed by atoms with Crippen molar-refractivity contribution < 1.29 is 9.15 Å². The van der Waals surface area contributed by atoms with E-state index in [4.69, 9.17) is 9.15 Å². The van der Waals surface area contributed by atoms with Crippen molar-refractivity contribution in [3.05, 3.63) is 36.1 Å².